The molecule has 150 valence electrons. The molecular formula is C14H16F3N3O7. The van der Waals surface area contributed by atoms with Crippen molar-refractivity contribution in [3.8, 4) is 0 Å². The Morgan fingerprint density at radius 2 is 2.07 bits per heavy atom. The Balaban J connectivity index is 2.58. The SMILES string of the molecule is CC(=O)O[C@@H]1[C@@H](CO)O[C@@H](n2ccc(=O)[nH]c2=O)[C@]1(C)NC(=O)C(F)(F)F. The molecule has 0 bridgehead atoms. The molecule has 0 spiro atoms. The summed E-state index contributed by atoms with van der Waals surface area (Å²) in [4.78, 5) is 48.1. The summed E-state index contributed by atoms with van der Waals surface area (Å²) >= 11 is 0. The second kappa shape index (κ2) is 7.15. The van der Waals surface area contributed by atoms with Gasteiger partial charge in [0.05, 0.1) is 6.61 Å². The predicted molar refractivity (Wildman–Crippen MR) is 80.5 cm³/mol. The van der Waals surface area contributed by atoms with E-state index in [-0.39, 0.29) is 0 Å². The van der Waals surface area contributed by atoms with Gasteiger partial charge in [-0.15, -0.1) is 0 Å². The van der Waals surface area contributed by atoms with Crippen LogP contribution >= 0.6 is 0 Å². The molecule has 2 rings (SSSR count). The standard InChI is InChI=1S/C14H16F3N3O7/c1-6(22)26-9-7(5-21)27-11(20-4-3-8(23)18-12(20)25)13(9,2)19-10(24)14(15,16)17/h3-4,7,9,11,21H,5H2,1-2H3,(H,19,24)(H,18,23,25)/t7-,9-,11-,13-/m1/s1. The first-order valence-electron chi connectivity index (χ1n) is 7.54. The number of nitrogens with one attached hydrogen (secondary N) is 2. The zero-order valence-electron chi connectivity index (χ0n) is 14.1. The number of hydrogen-bond acceptors (Lipinski definition) is 7. The van der Waals surface area contributed by atoms with Crippen molar-refractivity contribution in [2.24, 2.45) is 0 Å². The van der Waals surface area contributed by atoms with Gasteiger partial charge in [-0.1, -0.05) is 0 Å². The zero-order valence-corrected chi connectivity index (χ0v) is 14.1. The van der Waals surface area contributed by atoms with Crippen LogP contribution < -0.4 is 16.6 Å². The van der Waals surface area contributed by atoms with Gasteiger partial charge in [-0.25, -0.2) is 4.79 Å². The maximum Gasteiger partial charge on any atom is 0.471 e. The van der Waals surface area contributed by atoms with Crippen LogP contribution in [0, 0.1) is 0 Å². The molecule has 0 saturated carbocycles. The molecule has 0 aliphatic carbocycles. The van der Waals surface area contributed by atoms with Crippen LogP contribution in [0.25, 0.3) is 0 Å². The monoisotopic (exact) mass is 395 g/mol. The van der Waals surface area contributed by atoms with Gasteiger partial charge in [0.1, 0.15) is 11.6 Å². The highest BCUT2D eigenvalue weighted by Crippen LogP contribution is 2.40. The van der Waals surface area contributed by atoms with Crippen LogP contribution in [0.3, 0.4) is 0 Å². The molecule has 1 aromatic rings. The molecule has 10 nitrogen and oxygen atoms in total. The highest BCUT2D eigenvalue weighted by molar-refractivity contribution is 5.82. The summed E-state index contributed by atoms with van der Waals surface area (Å²) in [5, 5.41) is 11.1. The van der Waals surface area contributed by atoms with E-state index < -0.39 is 59.9 Å². The van der Waals surface area contributed by atoms with Crippen LogP contribution in [-0.2, 0) is 19.1 Å². The van der Waals surface area contributed by atoms with Gasteiger partial charge in [-0.2, -0.15) is 13.2 Å². The Labute approximate surface area is 148 Å². The minimum Gasteiger partial charge on any atom is -0.457 e. The van der Waals surface area contributed by atoms with Crippen LogP contribution in [0.5, 0.6) is 0 Å². The lowest BCUT2D eigenvalue weighted by molar-refractivity contribution is -0.178. The Morgan fingerprint density at radius 3 is 2.56 bits per heavy atom. The van der Waals surface area contributed by atoms with Gasteiger partial charge in [-0.05, 0) is 6.92 Å². The molecule has 0 aromatic carbocycles. The Hall–Kier alpha value is -2.67. The van der Waals surface area contributed by atoms with Crippen molar-refractivity contribution in [2.45, 2.75) is 44.0 Å². The average molecular weight is 395 g/mol. The van der Waals surface area contributed by atoms with E-state index in [1.165, 1.54) is 0 Å². The fourth-order valence-electron chi connectivity index (χ4n) is 2.84. The largest absolute Gasteiger partial charge is 0.471 e. The first kappa shape index (κ1) is 20.6. The van der Waals surface area contributed by atoms with Crippen molar-refractivity contribution < 1.29 is 37.3 Å². The minimum atomic E-state index is -5.28. The second-order valence-corrected chi connectivity index (χ2v) is 5.99. The van der Waals surface area contributed by atoms with Gasteiger partial charge in [-0.3, -0.25) is 23.9 Å². The molecular weight excluding hydrogens is 379 g/mol. The molecule has 1 aliphatic rings. The van der Waals surface area contributed by atoms with E-state index >= 15 is 0 Å². The number of esters is 1. The molecule has 1 saturated heterocycles. The van der Waals surface area contributed by atoms with Crippen molar-refractivity contribution in [1.82, 2.24) is 14.9 Å². The fraction of sp³-hybridized carbons (Fsp3) is 0.571. The lowest BCUT2D eigenvalue weighted by Gasteiger charge is -2.35. The molecule has 1 aromatic heterocycles. The minimum absolute atomic E-state index is 0.713. The second-order valence-electron chi connectivity index (χ2n) is 5.99. The van der Waals surface area contributed by atoms with Gasteiger partial charge < -0.3 is 19.9 Å². The van der Waals surface area contributed by atoms with E-state index in [2.05, 4.69) is 0 Å². The molecule has 1 aliphatic heterocycles. The zero-order chi connectivity index (χ0) is 20.6. The van der Waals surface area contributed by atoms with Crippen molar-refractivity contribution >= 4 is 11.9 Å². The number of aliphatic hydroxyl groups is 1. The Bertz CT molecular complexity index is 849. The molecule has 0 unspecified atom stereocenters. The van der Waals surface area contributed by atoms with Crippen LogP contribution in [0.15, 0.2) is 21.9 Å². The molecule has 13 heteroatoms. The van der Waals surface area contributed by atoms with Crippen molar-refractivity contribution in [2.75, 3.05) is 6.61 Å². The summed E-state index contributed by atoms with van der Waals surface area (Å²) < 4.78 is 49.4. The normalized spacial score (nSPS) is 28.0. The lowest BCUT2D eigenvalue weighted by atomic mass is 9.91. The van der Waals surface area contributed by atoms with Gasteiger partial charge in [0.15, 0.2) is 12.3 Å². The Morgan fingerprint density at radius 1 is 1.44 bits per heavy atom. The third kappa shape index (κ3) is 4.03. The highest BCUT2D eigenvalue weighted by Gasteiger charge is 2.59. The number of carbonyl (C=O) groups is 2. The number of alkyl halides is 3. The summed E-state index contributed by atoms with van der Waals surface area (Å²) in [7, 11) is 0. The summed E-state index contributed by atoms with van der Waals surface area (Å²) in [6.45, 7) is 1.24. The highest BCUT2D eigenvalue weighted by atomic mass is 19.4. The van der Waals surface area contributed by atoms with Gasteiger partial charge in [0.25, 0.3) is 5.56 Å². The fourth-order valence-corrected chi connectivity index (χ4v) is 2.84. The first-order chi connectivity index (χ1) is 12.4. The maximum atomic E-state index is 12.8. The van der Waals surface area contributed by atoms with Crippen LogP contribution in [0.4, 0.5) is 13.2 Å². The summed E-state index contributed by atoms with van der Waals surface area (Å²) in [6, 6.07) is 0.907. The van der Waals surface area contributed by atoms with Gasteiger partial charge in [0.2, 0.25) is 0 Å². The van der Waals surface area contributed by atoms with Gasteiger partial charge >= 0.3 is 23.7 Å². The molecule has 0 radical (unpaired) electrons. The molecule has 1 amide bonds. The van der Waals surface area contributed by atoms with E-state index in [0.29, 0.717) is 4.57 Å². The number of halogens is 3. The van der Waals surface area contributed by atoms with Crippen molar-refractivity contribution in [3.63, 3.8) is 0 Å². The third-order valence-electron chi connectivity index (χ3n) is 3.96. The predicted octanol–water partition coefficient (Wildman–Crippen LogP) is -1.20. The van der Waals surface area contributed by atoms with Crippen LogP contribution in [-0.4, -0.2) is 57.1 Å². The summed E-state index contributed by atoms with van der Waals surface area (Å²) in [5.74, 6) is -3.28. The number of aromatic amines is 1. The average Bonchev–Trinajstić information content (AvgIpc) is 2.79. The number of carbonyl (C=O) groups excluding carboxylic acids is 2. The van der Waals surface area contributed by atoms with Gasteiger partial charge in [0, 0.05) is 19.2 Å². The summed E-state index contributed by atoms with van der Waals surface area (Å²) in [6.07, 6.45) is -8.88. The lowest BCUT2D eigenvalue weighted by Crippen LogP contribution is -2.61. The van der Waals surface area contributed by atoms with E-state index in [0.717, 1.165) is 26.1 Å². The number of amides is 1. The molecule has 1 fully saturated rings. The number of hydrogen-bond donors (Lipinski definition) is 3. The van der Waals surface area contributed by atoms with Crippen LogP contribution in [0.1, 0.15) is 20.1 Å². The van der Waals surface area contributed by atoms with Crippen molar-refractivity contribution in [3.05, 3.63) is 33.1 Å². The van der Waals surface area contributed by atoms with E-state index in [1.54, 1.807) is 5.32 Å². The molecule has 27 heavy (non-hydrogen) atoms. The van der Waals surface area contributed by atoms with Crippen LogP contribution in [0.2, 0.25) is 0 Å². The number of aromatic nitrogens is 2. The van der Waals surface area contributed by atoms with E-state index in [1.807, 2.05) is 4.98 Å². The number of nitrogens with zero attached hydrogens (tertiary/aromatic N) is 1. The maximum absolute atomic E-state index is 12.8. The Kier molecular flexibility index (Phi) is 5.47. The topological polar surface area (TPSA) is 140 Å². The summed E-state index contributed by atoms with van der Waals surface area (Å²) in [5.41, 5.74) is -3.92. The number of H-pyrrole nitrogens is 1. The molecule has 3 N–H and O–H groups in total. The van der Waals surface area contributed by atoms with Crippen molar-refractivity contribution in [1.29, 1.82) is 0 Å². The number of aliphatic hydroxyl groups excluding tert-OH is 1. The quantitative estimate of drug-likeness (QED) is 0.544. The smallest absolute Gasteiger partial charge is 0.457 e. The van der Waals surface area contributed by atoms with E-state index in [4.69, 9.17) is 9.47 Å². The number of rotatable bonds is 4. The molecule has 4 atom stereocenters. The number of ether oxygens (including phenoxy) is 2. The first-order valence-corrected chi connectivity index (χ1v) is 7.54. The van der Waals surface area contributed by atoms with E-state index in [9.17, 15) is 37.5 Å². The molecule has 2 heterocycles. The third-order valence-corrected chi connectivity index (χ3v) is 3.96.